The van der Waals surface area contributed by atoms with Gasteiger partial charge in [0.1, 0.15) is 5.75 Å². The van der Waals surface area contributed by atoms with Gasteiger partial charge in [-0.1, -0.05) is 18.2 Å². The number of hydrogen-bond acceptors (Lipinski definition) is 4. The number of amides is 2. The molecule has 2 aliphatic rings. The Morgan fingerprint density at radius 3 is 2.65 bits per heavy atom. The number of hydrogen-bond donors (Lipinski definition) is 1. The number of piperidine rings is 1. The zero-order valence-electron chi connectivity index (χ0n) is 15.3. The molecule has 0 aliphatic carbocycles. The zero-order valence-corrected chi connectivity index (χ0v) is 15.3. The molecule has 2 fully saturated rings. The van der Waals surface area contributed by atoms with E-state index in [9.17, 15) is 9.59 Å². The molecule has 1 aromatic carbocycles. The van der Waals surface area contributed by atoms with Crippen LogP contribution in [0.5, 0.6) is 5.75 Å². The molecule has 6 nitrogen and oxygen atoms in total. The summed E-state index contributed by atoms with van der Waals surface area (Å²) in [5.41, 5.74) is 5.80. The Morgan fingerprint density at radius 2 is 1.88 bits per heavy atom. The molecule has 1 aromatic rings. The van der Waals surface area contributed by atoms with E-state index in [1.165, 1.54) is 0 Å². The van der Waals surface area contributed by atoms with Crippen molar-refractivity contribution in [2.45, 2.75) is 38.1 Å². The second kappa shape index (κ2) is 9.03. The summed E-state index contributed by atoms with van der Waals surface area (Å²) in [4.78, 5) is 29.1. The van der Waals surface area contributed by atoms with Gasteiger partial charge in [-0.3, -0.25) is 9.59 Å². The largest absolute Gasteiger partial charge is 0.493 e. The predicted octanol–water partition coefficient (Wildman–Crippen LogP) is 1.64. The number of likely N-dealkylation sites (tertiary alicyclic amines) is 2. The number of carbonyl (C=O) groups is 2. The van der Waals surface area contributed by atoms with E-state index in [1.807, 2.05) is 40.1 Å². The van der Waals surface area contributed by atoms with E-state index >= 15 is 0 Å². The minimum Gasteiger partial charge on any atom is -0.493 e. The lowest BCUT2D eigenvalue weighted by atomic mass is 9.96. The lowest BCUT2D eigenvalue weighted by molar-refractivity contribution is -0.141. The van der Waals surface area contributed by atoms with Crippen LogP contribution in [0.1, 0.15) is 32.1 Å². The zero-order chi connectivity index (χ0) is 18.4. The van der Waals surface area contributed by atoms with Crippen LogP contribution in [0.2, 0.25) is 0 Å². The lowest BCUT2D eigenvalue weighted by Crippen LogP contribution is -2.49. The molecule has 0 spiro atoms. The van der Waals surface area contributed by atoms with Gasteiger partial charge in [0.25, 0.3) is 0 Å². The molecule has 2 atom stereocenters. The van der Waals surface area contributed by atoms with Gasteiger partial charge in [0.15, 0.2) is 0 Å². The van der Waals surface area contributed by atoms with E-state index in [4.69, 9.17) is 10.5 Å². The first kappa shape index (κ1) is 18.7. The Balaban J connectivity index is 1.48. The average Bonchev–Trinajstić information content (AvgIpc) is 3.17. The summed E-state index contributed by atoms with van der Waals surface area (Å²) in [6.45, 7) is 2.94. The van der Waals surface area contributed by atoms with Crippen molar-refractivity contribution >= 4 is 11.8 Å². The highest BCUT2D eigenvalue weighted by Gasteiger charge is 2.35. The Morgan fingerprint density at radius 1 is 1.12 bits per heavy atom. The van der Waals surface area contributed by atoms with Crippen molar-refractivity contribution in [2.75, 3.05) is 32.8 Å². The van der Waals surface area contributed by atoms with Gasteiger partial charge < -0.3 is 20.3 Å². The number of nitrogens with two attached hydrogens (primary N) is 1. The molecule has 0 radical (unpaired) electrons. The smallest absolute Gasteiger partial charge is 0.227 e. The highest BCUT2D eigenvalue weighted by atomic mass is 16.5. The van der Waals surface area contributed by atoms with E-state index < -0.39 is 0 Å². The van der Waals surface area contributed by atoms with Gasteiger partial charge in [-0.15, -0.1) is 0 Å². The summed E-state index contributed by atoms with van der Waals surface area (Å²) in [6.07, 6.45) is 4.10. The van der Waals surface area contributed by atoms with Crippen LogP contribution < -0.4 is 10.5 Å². The fourth-order valence-electron chi connectivity index (χ4n) is 3.94. The summed E-state index contributed by atoms with van der Waals surface area (Å²) in [5, 5.41) is 0. The summed E-state index contributed by atoms with van der Waals surface area (Å²) in [5.74, 6) is 0.926. The van der Waals surface area contributed by atoms with Crippen LogP contribution in [0, 0.1) is 5.92 Å². The van der Waals surface area contributed by atoms with Crippen molar-refractivity contribution in [3.8, 4) is 5.75 Å². The maximum atomic E-state index is 12.8. The number of benzene rings is 1. The van der Waals surface area contributed by atoms with Crippen molar-refractivity contribution in [1.29, 1.82) is 0 Å². The van der Waals surface area contributed by atoms with Crippen molar-refractivity contribution in [3.05, 3.63) is 30.3 Å². The molecule has 0 bridgehead atoms. The third kappa shape index (κ3) is 4.55. The van der Waals surface area contributed by atoms with Crippen molar-refractivity contribution in [1.82, 2.24) is 9.80 Å². The van der Waals surface area contributed by atoms with Crippen LogP contribution in [0.3, 0.4) is 0 Å². The third-order valence-corrected chi connectivity index (χ3v) is 5.38. The van der Waals surface area contributed by atoms with Crippen LogP contribution >= 0.6 is 0 Å². The lowest BCUT2D eigenvalue weighted by Gasteiger charge is -2.35. The molecule has 0 aromatic heterocycles. The molecule has 6 heteroatoms. The molecule has 2 amide bonds. The van der Waals surface area contributed by atoms with Gasteiger partial charge in [0, 0.05) is 32.2 Å². The molecule has 3 rings (SSSR count). The van der Waals surface area contributed by atoms with Crippen molar-refractivity contribution in [2.24, 2.45) is 11.7 Å². The molecule has 0 saturated carbocycles. The Hall–Kier alpha value is -2.08. The highest BCUT2D eigenvalue weighted by Crippen LogP contribution is 2.24. The molecule has 2 unspecified atom stereocenters. The van der Waals surface area contributed by atoms with Crippen LogP contribution in [-0.2, 0) is 9.59 Å². The van der Waals surface area contributed by atoms with Gasteiger partial charge in [-0.2, -0.15) is 0 Å². The highest BCUT2D eigenvalue weighted by molar-refractivity contribution is 5.82. The summed E-state index contributed by atoms with van der Waals surface area (Å²) < 4.78 is 5.62. The van der Waals surface area contributed by atoms with E-state index in [1.54, 1.807) is 0 Å². The molecular weight excluding hydrogens is 330 g/mol. The predicted molar refractivity (Wildman–Crippen MR) is 99.6 cm³/mol. The minimum absolute atomic E-state index is 0.0650. The van der Waals surface area contributed by atoms with Gasteiger partial charge >= 0.3 is 0 Å². The molecule has 2 heterocycles. The van der Waals surface area contributed by atoms with Crippen LogP contribution in [0.15, 0.2) is 30.3 Å². The number of rotatable bonds is 6. The Kier molecular flexibility index (Phi) is 6.50. The van der Waals surface area contributed by atoms with Gasteiger partial charge in [-0.05, 0) is 37.8 Å². The molecule has 142 valence electrons. The summed E-state index contributed by atoms with van der Waals surface area (Å²) in [6, 6.07) is 9.68. The fraction of sp³-hybridized carbons (Fsp3) is 0.600. The van der Waals surface area contributed by atoms with Gasteiger partial charge in [0.2, 0.25) is 11.8 Å². The molecular formula is C20H29N3O3. The first-order valence-corrected chi connectivity index (χ1v) is 9.65. The number of carbonyl (C=O) groups excluding carboxylic acids is 2. The standard InChI is InChI=1S/C20H29N3O3/c21-14-17-7-5-12-23(17)20(25)16-6-4-11-22(15-16)19(24)10-13-26-18-8-2-1-3-9-18/h1-3,8-9,16-17H,4-7,10-15,21H2. The maximum Gasteiger partial charge on any atom is 0.227 e. The normalized spacial score (nSPS) is 23.1. The topological polar surface area (TPSA) is 75.9 Å². The average molecular weight is 359 g/mol. The van der Waals surface area contributed by atoms with E-state index in [-0.39, 0.29) is 23.8 Å². The first-order chi connectivity index (χ1) is 12.7. The van der Waals surface area contributed by atoms with Gasteiger partial charge in [-0.25, -0.2) is 0 Å². The van der Waals surface area contributed by atoms with E-state index in [0.29, 0.717) is 26.1 Å². The number of nitrogens with zero attached hydrogens (tertiary/aromatic N) is 2. The van der Waals surface area contributed by atoms with Crippen LogP contribution in [0.25, 0.3) is 0 Å². The van der Waals surface area contributed by atoms with Crippen molar-refractivity contribution in [3.63, 3.8) is 0 Å². The number of para-hydroxylation sites is 1. The molecule has 26 heavy (non-hydrogen) atoms. The van der Waals surface area contributed by atoms with E-state index in [2.05, 4.69) is 0 Å². The summed E-state index contributed by atoms with van der Waals surface area (Å²) >= 11 is 0. The molecule has 2 N–H and O–H groups in total. The maximum absolute atomic E-state index is 12.8. The van der Waals surface area contributed by atoms with Crippen molar-refractivity contribution < 1.29 is 14.3 Å². The quantitative estimate of drug-likeness (QED) is 0.838. The second-order valence-corrected chi connectivity index (χ2v) is 7.15. The van der Waals surface area contributed by atoms with Crippen LogP contribution in [0.4, 0.5) is 0 Å². The van der Waals surface area contributed by atoms with E-state index in [0.717, 1.165) is 44.5 Å². The SMILES string of the molecule is NCC1CCCN1C(=O)C1CCCN(C(=O)CCOc2ccccc2)C1. The van der Waals surface area contributed by atoms with Gasteiger partial charge in [0.05, 0.1) is 18.9 Å². The molecule has 2 aliphatic heterocycles. The Bertz CT molecular complexity index is 608. The second-order valence-electron chi connectivity index (χ2n) is 7.15. The Labute approximate surface area is 155 Å². The molecule has 2 saturated heterocycles. The minimum atomic E-state index is -0.0881. The summed E-state index contributed by atoms with van der Waals surface area (Å²) in [7, 11) is 0. The third-order valence-electron chi connectivity index (χ3n) is 5.38. The first-order valence-electron chi connectivity index (χ1n) is 9.65. The van der Waals surface area contributed by atoms with Crippen LogP contribution in [-0.4, -0.2) is 60.4 Å². The fourth-order valence-corrected chi connectivity index (χ4v) is 3.94. The monoisotopic (exact) mass is 359 g/mol. The number of ether oxygens (including phenoxy) is 1.